The molecule has 70 valence electrons. The average molecular weight is 198 g/mol. The predicted molar refractivity (Wildman–Crippen MR) is 55.4 cm³/mol. The number of rotatable bonds is 1. The second kappa shape index (κ2) is 3.79. The van der Waals surface area contributed by atoms with E-state index < -0.39 is 0 Å². The van der Waals surface area contributed by atoms with Crippen LogP contribution >= 0.6 is 12.4 Å². The highest BCUT2D eigenvalue weighted by molar-refractivity contribution is 6.01. The van der Waals surface area contributed by atoms with Gasteiger partial charge in [0.2, 0.25) is 5.91 Å². The normalized spacial score (nSPS) is 13.9. The maximum absolute atomic E-state index is 11.4. The molecule has 0 bridgehead atoms. The van der Waals surface area contributed by atoms with Crippen molar-refractivity contribution in [2.24, 2.45) is 0 Å². The predicted octanol–water partition coefficient (Wildman–Crippen LogP) is 2.02. The van der Waals surface area contributed by atoms with Gasteiger partial charge in [0.05, 0.1) is 6.42 Å². The van der Waals surface area contributed by atoms with Crippen LogP contribution in [0.25, 0.3) is 0 Å². The molecule has 1 aromatic rings. The van der Waals surface area contributed by atoms with E-state index in [0.29, 0.717) is 6.42 Å². The zero-order valence-electron chi connectivity index (χ0n) is 7.49. The van der Waals surface area contributed by atoms with Crippen LogP contribution in [-0.4, -0.2) is 12.5 Å². The zero-order chi connectivity index (χ0) is 8.55. The van der Waals surface area contributed by atoms with Gasteiger partial charge in [-0.05, 0) is 18.6 Å². The highest BCUT2D eigenvalue weighted by Crippen LogP contribution is 2.27. The minimum Gasteiger partial charge on any atom is -0.312 e. The van der Waals surface area contributed by atoms with Crippen molar-refractivity contribution in [2.75, 3.05) is 11.4 Å². The first kappa shape index (κ1) is 10.1. The number of hydrogen-bond donors (Lipinski definition) is 0. The first-order valence-corrected chi connectivity index (χ1v) is 4.21. The Kier molecular flexibility index (Phi) is 2.94. The van der Waals surface area contributed by atoms with Crippen LogP contribution < -0.4 is 4.90 Å². The molecular formula is C10H12ClNO. The lowest BCUT2D eigenvalue weighted by Crippen LogP contribution is -2.25. The molecule has 0 saturated carbocycles. The zero-order valence-corrected chi connectivity index (χ0v) is 8.30. The standard InChI is InChI=1S/C10H11NO.ClH/c1-2-11-9-6-4-3-5-8(9)7-10(11)12;/h3-6H,2,7H2,1H3;1H. The van der Waals surface area contributed by atoms with E-state index in [1.165, 1.54) is 0 Å². The fourth-order valence-corrected chi connectivity index (χ4v) is 1.66. The van der Waals surface area contributed by atoms with Crippen molar-refractivity contribution in [2.45, 2.75) is 13.3 Å². The van der Waals surface area contributed by atoms with Gasteiger partial charge in [0.15, 0.2) is 0 Å². The van der Waals surface area contributed by atoms with Crippen molar-refractivity contribution >= 4 is 24.0 Å². The molecule has 0 N–H and O–H groups in total. The third-order valence-electron chi connectivity index (χ3n) is 2.24. The number of nitrogens with zero attached hydrogens (tertiary/aromatic N) is 1. The van der Waals surface area contributed by atoms with Crippen molar-refractivity contribution < 1.29 is 4.79 Å². The topological polar surface area (TPSA) is 20.3 Å². The number of carbonyl (C=O) groups is 1. The highest BCUT2D eigenvalue weighted by Gasteiger charge is 2.24. The molecule has 13 heavy (non-hydrogen) atoms. The molecule has 3 heteroatoms. The molecule has 0 atom stereocenters. The van der Waals surface area contributed by atoms with E-state index in [4.69, 9.17) is 0 Å². The quantitative estimate of drug-likeness (QED) is 0.675. The molecule has 2 rings (SSSR count). The van der Waals surface area contributed by atoms with E-state index in [1.807, 2.05) is 36.1 Å². The number of para-hydroxylation sites is 1. The van der Waals surface area contributed by atoms with E-state index in [-0.39, 0.29) is 18.3 Å². The lowest BCUT2D eigenvalue weighted by atomic mass is 10.2. The Labute approximate surface area is 84.0 Å². The summed E-state index contributed by atoms with van der Waals surface area (Å²) in [6.07, 6.45) is 0.573. The Hall–Kier alpha value is -1.02. The Morgan fingerprint density at radius 1 is 1.38 bits per heavy atom. The van der Waals surface area contributed by atoms with E-state index in [0.717, 1.165) is 17.8 Å². The van der Waals surface area contributed by atoms with Crippen molar-refractivity contribution in [3.8, 4) is 0 Å². The molecule has 1 heterocycles. The van der Waals surface area contributed by atoms with E-state index in [2.05, 4.69) is 0 Å². The number of fused-ring (bicyclic) bond motifs is 1. The van der Waals surface area contributed by atoms with Gasteiger partial charge in [-0.3, -0.25) is 4.79 Å². The van der Waals surface area contributed by atoms with Gasteiger partial charge in [-0.2, -0.15) is 0 Å². The van der Waals surface area contributed by atoms with Gasteiger partial charge in [-0.1, -0.05) is 18.2 Å². The fourth-order valence-electron chi connectivity index (χ4n) is 1.66. The lowest BCUT2D eigenvalue weighted by Gasteiger charge is -2.13. The molecule has 1 aliphatic heterocycles. The first-order valence-electron chi connectivity index (χ1n) is 4.21. The van der Waals surface area contributed by atoms with Crippen LogP contribution in [0.5, 0.6) is 0 Å². The number of anilines is 1. The van der Waals surface area contributed by atoms with Crippen LogP contribution in [0, 0.1) is 0 Å². The third-order valence-corrected chi connectivity index (χ3v) is 2.24. The monoisotopic (exact) mass is 197 g/mol. The molecule has 0 aliphatic carbocycles. The molecule has 1 amide bonds. The summed E-state index contributed by atoms with van der Waals surface area (Å²) in [5, 5.41) is 0. The Morgan fingerprint density at radius 3 is 2.77 bits per heavy atom. The molecule has 2 nitrogen and oxygen atoms in total. The fraction of sp³-hybridized carbons (Fsp3) is 0.300. The van der Waals surface area contributed by atoms with Crippen LogP contribution in [0.4, 0.5) is 5.69 Å². The van der Waals surface area contributed by atoms with Crippen molar-refractivity contribution in [1.29, 1.82) is 0 Å². The van der Waals surface area contributed by atoms with Crippen LogP contribution in [0.2, 0.25) is 0 Å². The molecule has 0 aromatic heterocycles. The Morgan fingerprint density at radius 2 is 2.08 bits per heavy atom. The van der Waals surface area contributed by atoms with Crippen LogP contribution in [-0.2, 0) is 11.2 Å². The van der Waals surface area contributed by atoms with Gasteiger partial charge >= 0.3 is 0 Å². The number of benzene rings is 1. The molecule has 0 spiro atoms. The number of likely N-dealkylation sites (N-methyl/N-ethyl adjacent to an activating group) is 1. The van der Waals surface area contributed by atoms with Crippen LogP contribution in [0.15, 0.2) is 24.3 Å². The Bertz CT molecular complexity index is 324. The number of halogens is 1. The summed E-state index contributed by atoms with van der Waals surface area (Å²) in [4.78, 5) is 13.2. The first-order chi connectivity index (χ1) is 5.83. The highest BCUT2D eigenvalue weighted by atomic mass is 35.5. The minimum absolute atomic E-state index is 0. The van der Waals surface area contributed by atoms with Gasteiger partial charge in [0.25, 0.3) is 0 Å². The van der Waals surface area contributed by atoms with E-state index in [9.17, 15) is 4.79 Å². The maximum atomic E-state index is 11.4. The molecule has 0 unspecified atom stereocenters. The summed E-state index contributed by atoms with van der Waals surface area (Å²) in [6, 6.07) is 7.97. The SMILES string of the molecule is CCN1C(=O)Cc2ccccc21.Cl. The number of carbonyl (C=O) groups excluding carboxylic acids is 1. The lowest BCUT2D eigenvalue weighted by molar-refractivity contribution is -0.117. The van der Waals surface area contributed by atoms with Crippen molar-refractivity contribution in [3.63, 3.8) is 0 Å². The van der Waals surface area contributed by atoms with Gasteiger partial charge in [0, 0.05) is 12.2 Å². The largest absolute Gasteiger partial charge is 0.312 e. The van der Waals surface area contributed by atoms with E-state index >= 15 is 0 Å². The van der Waals surface area contributed by atoms with Gasteiger partial charge in [0.1, 0.15) is 0 Å². The molecule has 1 aromatic carbocycles. The maximum Gasteiger partial charge on any atom is 0.231 e. The number of amides is 1. The second-order valence-electron chi connectivity index (χ2n) is 2.94. The summed E-state index contributed by atoms with van der Waals surface area (Å²) < 4.78 is 0. The summed E-state index contributed by atoms with van der Waals surface area (Å²) in [5.74, 6) is 0.221. The Balaban J connectivity index is 0.000000845. The third kappa shape index (κ3) is 1.54. The summed E-state index contributed by atoms with van der Waals surface area (Å²) in [6.45, 7) is 2.77. The second-order valence-corrected chi connectivity index (χ2v) is 2.94. The van der Waals surface area contributed by atoms with Crippen LogP contribution in [0.3, 0.4) is 0 Å². The van der Waals surface area contributed by atoms with Gasteiger partial charge in [-0.15, -0.1) is 12.4 Å². The summed E-state index contributed by atoms with van der Waals surface area (Å²) in [5.41, 5.74) is 2.24. The molecule has 0 saturated heterocycles. The smallest absolute Gasteiger partial charge is 0.231 e. The van der Waals surface area contributed by atoms with Crippen LogP contribution in [0.1, 0.15) is 12.5 Å². The summed E-state index contributed by atoms with van der Waals surface area (Å²) >= 11 is 0. The molecule has 0 fully saturated rings. The van der Waals surface area contributed by atoms with Gasteiger partial charge < -0.3 is 4.90 Å². The molecular weight excluding hydrogens is 186 g/mol. The summed E-state index contributed by atoms with van der Waals surface area (Å²) in [7, 11) is 0. The average Bonchev–Trinajstić information content (AvgIpc) is 2.40. The minimum atomic E-state index is 0. The van der Waals surface area contributed by atoms with Gasteiger partial charge in [-0.25, -0.2) is 0 Å². The molecule has 0 radical (unpaired) electrons. The molecule has 1 aliphatic rings. The number of hydrogen-bond acceptors (Lipinski definition) is 1. The van der Waals surface area contributed by atoms with E-state index in [1.54, 1.807) is 0 Å². The van der Waals surface area contributed by atoms with Crippen molar-refractivity contribution in [1.82, 2.24) is 0 Å². The van der Waals surface area contributed by atoms with Crippen molar-refractivity contribution in [3.05, 3.63) is 29.8 Å².